The van der Waals surface area contributed by atoms with Gasteiger partial charge in [-0.25, -0.2) is 0 Å². The molecule has 0 heterocycles. The van der Waals surface area contributed by atoms with Crippen molar-refractivity contribution in [2.45, 2.75) is 31.8 Å². The summed E-state index contributed by atoms with van der Waals surface area (Å²) in [6.45, 7) is 3.59. The second kappa shape index (κ2) is 11.4. The molecule has 0 aromatic carbocycles. The smallest absolute Gasteiger partial charge is 0.236 e. The minimum atomic E-state index is -0.306. The van der Waals surface area contributed by atoms with Crippen LogP contribution in [0.1, 0.15) is 19.8 Å². The molecule has 0 aromatic rings. The first kappa shape index (κ1) is 17.3. The van der Waals surface area contributed by atoms with Gasteiger partial charge in [0.1, 0.15) is 0 Å². The van der Waals surface area contributed by atoms with Gasteiger partial charge in [0.15, 0.2) is 0 Å². The molecule has 2 atom stereocenters. The highest BCUT2D eigenvalue weighted by Crippen LogP contribution is 1.95. The van der Waals surface area contributed by atoms with Crippen molar-refractivity contribution in [3.05, 3.63) is 0 Å². The van der Waals surface area contributed by atoms with E-state index in [0.717, 1.165) is 6.42 Å². The number of ether oxygens (including phenoxy) is 2. The van der Waals surface area contributed by atoms with Crippen LogP contribution in [0.5, 0.6) is 0 Å². The Hall–Kier alpha value is -0.690. The predicted octanol–water partition coefficient (Wildman–Crippen LogP) is -0.485. The topological polar surface area (TPSA) is 79.8 Å². The average molecular weight is 262 g/mol. The van der Waals surface area contributed by atoms with Crippen molar-refractivity contribution >= 4 is 5.91 Å². The SMILES string of the molecule is COCCCNC(=O)C(C)NC(CCO)COC. The fourth-order valence-corrected chi connectivity index (χ4v) is 1.58. The summed E-state index contributed by atoms with van der Waals surface area (Å²) >= 11 is 0. The summed E-state index contributed by atoms with van der Waals surface area (Å²) in [5.41, 5.74) is 0. The minimum absolute atomic E-state index is 0.0141. The van der Waals surface area contributed by atoms with Crippen molar-refractivity contribution in [2.75, 3.05) is 40.6 Å². The number of aliphatic hydroxyl groups excluding tert-OH is 1. The fraction of sp³-hybridized carbons (Fsp3) is 0.917. The van der Waals surface area contributed by atoms with Gasteiger partial charge < -0.3 is 25.2 Å². The first-order valence-electron chi connectivity index (χ1n) is 6.28. The maximum atomic E-state index is 11.7. The lowest BCUT2D eigenvalue weighted by Gasteiger charge is -2.21. The van der Waals surface area contributed by atoms with Crippen LogP contribution in [0.25, 0.3) is 0 Å². The van der Waals surface area contributed by atoms with Gasteiger partial charge in [0.25, 0.3) is 0 Å². The number of aliphatic hydroxyl groups is 1. The van der Waals surface area contributed by atoms with E-state index in [1.807, 2.05) is 0 Å². The molecule has 0 aliphatic rings. The van der Waals surface area contributed by atoms with E-state index in [4.69, 9.17) is 14.6 Å². The molecule has 18 heavy (non-hydrogen) atoms. The van der Waals surface area contributed by atoms with Crippen LogP contribution in [0.3, 0.4) is 0 Å². The van der Waals surface area contributed by atoms with E-state index in [1.165, 1.54) is 0 Å². The summed E-state index contributed by atoms with van der Waals surface area (Å²) in [7, 11) is 3.23. The number of hydrogen-bond donors (Lipinski definition) is 3. The predicted molar refractivity (Wildman–Crippen MR) is 69.5 cm³/mol. The number of methoxy groups -OCH3 is 2. The summed E-state index contributed by atoms with van der Waals surface area (Å²) in [6, 6.07) is -0.320. The third kappa shape index (κ3) is 8.41. The van der Waals surface area contributed by atoms with Gasteiger partial charge >= 0.3 is 0 Å². The molecule has 3 N–H and O–H groups in total. The molecular formula is C12H26N2O4. The van der Waals surface area contributed by atoms with Gasteiger partial charge in [-0.3, -0.25) is 4.79 Å². The molecule has 6 nitrogen and oxygen atoms in total. The summed E-state index contributed by atoms with van der Waals surface area (Å²) in [5, 5.41) is 14.9. The molecule has 0 spiro atoms. The monoisotopic (exact) mass is 262 g/mol. The molecular weight excluding hydrogens is 236 g/mol. The molecule has 0 saturated carbocycles. The van der Waals surface area contributed by atoms with Gasteiger partial charge in [0, 0.05) is 40.0 Å². The molecule has 0 fully saturated rings. The van der Waals surface area contributed by atoms with E-state index in [0.29, 0.717) is 26.2 Å². The van der Waals surface area contributed by atoms with E-state index in [1.54, 1.807) is 21.1 Å². The Labute approximate surface area is 109 Å². The fourth-order valence-electron chi connectivity index (χ4n) is 1.58. The Morgan fingerprint density at radius 3 is 2.61 bits per heavy atom. The van der Waals surface area contributed by atoms with Gasteiger partial charge in [-0.15, -0.1) is 0 Å². The zero-order chi connectivity index (χ0) is 13.8. The Balaban J connectivity index is 3.88. The highest BCUT2D eigenvalue weighted by atomic mass is 16.5. The van der Waals surface area contributed by atoms with Gasteiger partial charge in [-0.1, -0.05) is 0 Å². The van der Waals surface area contributed by atoms with Crippen molar-refractivity contribution in [1.29, 1.82) is 0 Å². The van der Waals surface area contributed by atoms with Crippen LogP contribution < -0.4 is 10.6 Å². The molecule has 1 amide bonds. The van der Waals surface area contributed by atoms with Crippen LogP contribution in [-0.4, -0.2) is 63.7 Å². The van der Waals surface area contributed by atoms with Crippen LogP contribution in [0.15, 0.2) is 0 Å². The van der Waals surface area contributed by atoms with E-state index in [2.05, 4.69) is 10.6 Å². The van der Waals surface area contributed by atoms with E-state index in [9.17, 15) is 4.79 Å². The first-order chi connectivity index (χ1) is 8.65. The third-order valence-corrected chi connectivity index (χ3v) is 2.55. The lowest BCUT2D eigenvalue weighted by molar-refractivity contribution is -0.123. The Kier molecular flexibility index (Phi) is 11.0. The largest absolute Gasteiger partial charge is 0.396 e. The van der Waals surface area contributed by atoms with Crippen LogP contribution in [0.2, 0.25) is 0 Å². The molecule has 0 bridgehead atoms. The highest BCUT2D eigenvalue weighted by Gasteiger charge is 2.16. The lowest BCUT2D eigenvalue weighted by Crippen LogP contribution is -2.48. The number of nitrogens with one attached hydrogen (secondary N) is 2. The number of rotatable bonds is 11. The second-order valence-corrected chi connectivity index (χ2v) is 4.19. The van der Waals surface area contributed by atoms with Gasteiger partial charge in [-0.2, -0.15) is 0 Å². The van der Waals surface area contributed by atoms with Gasteiger partial charge in [-0.05, 0) is 19.8 Å². The molecule has 2 unspecified atom stereocenters. The van der Waals surface area contributed by atoms with E-state index >= 15 is 0 Å². The van der Waals surface area contributed by atoms with Crippen molar-refractivity contribution in [3.8, 4) is 0 Å². The lowest BCUT2D eigenvalue weighted by atomic mass is 10.2. The zero-order valence-corrected chi connectivity index (χ0v) is 11.6. The van der Waals surface area contributed by atoms with Crippen LogP contribution >= 0.6 is 0 Å². The molecule has 6 heteroatoms. The summed E-state index contributed by atoms with van der Waals surface area (Å²) < 4.78 is 9.93. The number of hydrogen-bond acceptors (Lipinski definition) is 5. The van der Waals surface area contributed by atoms with Crippen LogP contribution in [-0.2, 0) is 14.3 Å². The maximum absolute atomic E-state index is 11.7. The van der Waals surface area contributed by atoms with Crippen LogP contribution in [0.4, 0.5) is 0 Å². The quantitative estimate of drug-likeness (QED) is 0.438. The zero-order valence-electron chi connectivity index (χ0n) is 11.6. The number of carbonyl (C=O) groups is 1. The van der Waals surface area contributed by atoms with Gasteiger partial charge in [0.05, 0.1) is 12.6 Å². The number of amides is 1. The molecule has 0 rings (SSSR count). The second-order valence-electron chi connectivity index (χ2n) is 4.19. The molecule has 0 saturated heterocycles. The summed E-state index contributed by atoms with van der Waals surface area (Å²) in [6.07, 6.45) is 1.36. The Bertz CT molecular complexity index is 208. The van der Waals surface area contributed by atoms with E-state index in [-0.39, 0.29) is 24.6 Å². The Morgan fingerprint density at radius 1 is 1.33 bits per heavy atom. The van der Waals surface area contributed by atoms with Crippen molar-refractivity contribution < 1.29 is 19.4 Å². The van der Waals surface area contributed by atoms with E-state index < -0.39 is 0 Å². The summed E-state index contributed by atoms with van der Waals surface area (Å²) in [4.78, 5) is 11.7. The van der Waals surface area contributed by atoms with Gasteiger partial charge in [0.2, 0.25) is 5.91 Å². The average Bonchev–Trinajstić information content (AvgIpc) is 2.35. The minimum Gasteiger partial charge on any atom is -0.396 e. The molecule has 0 radical (unpaired) electrons. The van der Waals surface area contributed by atoms with Crippen molar-refractivity contribution in [3.63, 3.8) is 0 Å². The summed E-state index contributed by atoms with van der Waals surface area (Å²) in [5.74, 6) is -0.0508. The Morgan fingerprint density at radius 2 is 2.06 bits per heavy atom. The highest BCUT2D eigenvalue weighted by molar-refractivity contribution is 5.81. The molecule has 0 aliphatic carbocycles. The standard InChI is InChI=1S/C12H26N2O4/c1-10(12(16)13-6-4-8-17-2)14-11(5-7-15)9-18-3/h10-11,14-15H,4-9H2,1-3H3,(H,13,16). The first-order valence-corrected chi connectivity index (χ1v) is 6.28. The van der Waals surface area contributed by atoms with Crippen molar-refractivity contribution in [1.82, 2.24) is 10.6 Å². The molecule has 108 valence electrons. The van der Waals surface area contributed by atoms with Crippen LogP contribution in [0, 0.1) is 0 Å². The normalized spacial score (nSPS) is 14.2. The third-order valence-electron chi connectivity index (χ3n) is 2.55. The molecule has 0 aliphatic heterocycles. The van der Waals surface area contributed by atoms with Crippen molar-refractivity contribution in [2.24, 2.45) is 0 Å². The maximum Gasteiger partial charge on any atom is 0.236 e. The number of carbonyl (C=O) groups excluding carboxylic acids is 1. The molecule has 0 aromatic heterocycles.